The molecule has 0 saturated heterocycles. The summed E-state index contributed by atoms with van der Waals surface area (Å²) in [6, 6.07) is 17.1. The van der Waals surface area contributed by atoms with E-state index in [1.165, 1.54) is 26.5 Å². The molecule has 3 aromatic carbocycles. The molecular weight excluding hydrogens is 493 g/mol. The highest BCUT2D eigenvalue weighted by Gasteiger charge is 2.11. The molecule has 3 rings (SSSR count). The predicted octanol–water partition coefficient (Wildman–Crippen LogP) is 4.47. The van der Waals surface area contributed by atoms with Crippen LogP contribution in [0.3, 0.4) is 0 Å². The summed E-state index contributed by atoms with van der Waals surface area (Å²) in [7, 11) is 2.98. The summed E-state index contributed by atoms with van der Waals surface area (Å²) in [5.74, 6) is 0.659. The van der Waals surface area contributed by atoms with Gasteiger partial charge in [-0.25, -0.2) is 5.43 Å². The molecule has 2 amide bonds. The molecule has 0 aromatic heterocycles. The Morgan fingerprint density at radius 2 is 1.69 bits per heavy atom. The predicted molar refractivity (Wildman–Crippen MR) is 135 cm³/mol. The molecule has 182 valence electrons. The van der Waals surface area contributed by atoms with Crippen molar-refractivity contribution in [3.63, 3.8) is 0 Å². The van der Waals surface area contributed by atoms with Gasteiger partial charge in [-0.2, -0.15) is 5.10 Å². The first-order chi connectivity index (χ1) is 16.9. The second-order valence-corrected chi connectivity index (χ2v) is 7.98. The zero-order valence-electron chi connectivity index (χ0n) is 19.0. The van der Waals surface area contributed by atoms with E-state index in [4.69, 9.17) is 37.4 Å². The molecular formula is C25H23Cl2N3O5. The van der Waals surface area contributed by atoms with E-state index >= 15 is 0 Å². The zero-order valence-corrected chi connectivity index (χ0v) is 20.5. The molecule has 0 unspecified atom stereocenters. The lowest BCUT2D eigenvalue weighted by Gasteiger charge is -2.09. The van der Waals surface area contributed by atoms with Crippen molar-refractivity contribution in [1.29, 1.82) is 0 Å². The molecule has 35 heavy (non-hydrogen) atoms. The Morgan fingerprint density at radius 1 is 0.943 bits per heavy atom. The van der Waals surface area contributed by atoms with Gasteiger partial charge in [0, 0.05) is 21.2 Å². The number of benzene rings is 3. The van der Waals surface area contributed by atoms with Gasteiger partial charge in [0.2, 0.25) is 0 Å². The number of ether oxygens (including phenoxy) is 3. The summed E-state index contributed by atoms with van der Waals surface area (Å²) < 4.78 is 16.1. The lowest BCUT2D eigenvalue weighted by Crippen LogP contribution is -2.34. The first kappa shape index (κ1) is 25.9. The lowest BCUT2D eigenvalue weighted by atomic mass is 10.2. The van der Waals surface area contributed by atoms with Crippen molar-refractivity contribution < 1.29 is 23.8 Å². The number of halogens is 2. The van der Waals surface area contributed by atoms with Crippen LogP contribution >= 0.6 is 23.2 Å². The first-order valence-electron chi connectivity index (χ1n) is 10.4. The van der Waals surface area contributed by atoms with Crippen LogP contribution in [0.2, 0.25) is 10.0 Å². The molecule has 0 aliphatic rings. The fraction of sp³-hybridized carbons (Fsp3) is 0.160. The van der Waals surface area contributed by atoms with Gasteiger partial charge in [0.15, 0.2) is 11.5 Å². The highest BCUT2D eigenvalue weighted by atomic mass is 35.5. The van der Waals surface area contributed by atoms with Crippen LogP contribution in [0.4, 0.5) is 0 Å². The number of hydrazone groups is 1. The van der Waals surface area contributed by atoms with E-state index in [9.17, 15) is 9.59 Å². The third-order valence-corrected chi connectivity index (χ3v) is 5.33. The van der Waals surface area contributed by atoms with Crippen molar-refractivity contribution >= 4 is 41.2 Å². The molecule has 0 fully saturated rings. The van der Waals surface area contributed by atoms with Crippen molar-refractivity contribution in [2.24, 2.45) is 5.10 Å². The van der Waals surface area contributed by atoms with Gasteiger partial charge in [-0.3, -0.25) is 9.59 Å². The Hall–Kier alpha value is -3.75. The maximum Gasteiger partial charge on any atom is 0.259 e. The minimum absolute atomic E-state index is 0.245. The van der Waals surface area contributed by atoms with E-state index in [0.717, 1.165) is 11.1 Å². The van der Waals surface area contributed by atoms with Crippen LogP contribution in [0.15, 0.2) is 65.8 Å². The molecule has 0 bridgehead atoms. The summed E-state index contributed by atoms with van der Waals surface area (Å²) in [6.45, 7) is 0.0546. The highest BCUT2D eigenvalue weighted by molar-refractivity contribution is 6.35. The topological polar surface area (TPSA) is 98.2 Å². The van der Waals surface area contributed by atoms with Gasteiger partial charge in [-0.05, 0) is 60.2 Å². The van der Waals surface area contributed by atoms with Gasteiger partial charge in [-0.1, -0.05) is 29.3 Å². The van der Waals surface area contributed by atoms with Gasteiger partial charge in [0.25, 0.3) is 11.8 Å². The summed E-state index contributed by atoms with van der Waals surface area (Å²) in [5, 5.41) is 7.53. The van der Waals surface area contributed by atoms with Crippen molar-refractivity contribution in [1.82, 2.24) is 10.7 Å². The summed E-state index contributed by atoms with van der Waals surface area (Å²) >= 11 is 12.0. The van der Waals surface area contributed by atoms with E-state index in [0.29, 0.717) is 39.5 Å². The van der Waals surface area contributed by atoms with E-state index in [1.54, 1.807) is 48.5 Å². The molecule has 0 aliphatic heterocycles. The zero-order chi connectivity index (χ0) is 25.2. The van der Waals surface area contributed by atoms with Crippen LogP contribution in [0.1, 0.15) is 21.5 Å². The quantitative estimate of drug-likeness (QED) is 0.306. The summed E-state index contributed by atoms with van der Waals surface area (Å²) in [5.41, 5.74) is 4.27. The van der Waals surface area contributed by atoms with Crippen LogP contribution in [-0.4, -0.2) is 38.8 Å². The lowest BCUT2D eigenvalue weighted by molar-refractivity contribution is -0.120. The van der Waals surface area contributed by atoms with E-state index < -0.39 is 11.8 Å². The number of nitrogens with zero attached hydrogens (tertiary/aromatic N) is 1. The van der Waals surface area contributed by atoms with E-state index in [2.05, 4.69) is 15.8 Å². The number of rotatable bonds is 10. The Balaban J connectivity index is 1.44. The van der Waals surface area contributed by atoms with Crippen LogP contribution in [0.5, 0.6) is 17.2 Å². The summed E-state index contributed by atoms with van der Waals surface area (Å²) in [4.78, 5) is 24.3. The third-order valence-electron chi connectivity index (χ3n) is 4.75. The molecule has 0 spiro atoms. The Kier molecular flexibility index (Phi) is 9.34. The van der Waals surface area contributed by atoms with Gasteiger partial charge in [0.05, 0.1) is 27.0 Å². The molecule has 0 atom stereocenters. The molecule has 0 aliphatic carbocycles. The monoisotopic (exact) mass is 515 g/mol. The van der Waals surface area contributed by atoms with Gasteiger partial charge < -0.3 is 19.5 Å². The number of methoxy groups -OCH3 is 2. The average molecular weight is 516 g/mol. The fourth-order valence-electron chi connectivity index (χ4n) is 2.91. The van der Waals surface area contributed by atoms with Crippen LogP contribution < -0.4 is 25.0 Å². The number of hydrogen-bond donors (Lipinski definition) is 2. The molecule has 2 N–H and O–H groups in total. The van der Waals surface area contributed by atoms with E-state index in [1.807, 2.05) is 6.07 Å². The van der Waals surface area contributed by atoms with Crippen LogP contribution in [-0.2, 0) is 11.4 Å². The van der Waals surface area contributed by atoms with Crippen LogP contribution in [0.25, 0.3) is 0 Å². The normalized spacial score (nSPS) is 10.6. The number of carbonyl (C=O) groups excluding carboxylic acids is 2. The third kappa shape index (κ3) is 7.63. The van der Waals surface area contributed by atoms with Gasteiger partial charge in [-0.15, -0.1) is 0 Å². The Labute approximate surface area is 212 Å². The Morgan fingerprint density at radius 3 is 2.37 bits per heavy atom. The number of carbonyl (C=O) groups is 2. The SMILES string of the molecule is COc1ccc(C(=O)NCC(=O)N/N=C/c2ccc(OCc3ccc(Cl)cc3Cl)cc2)cc1OC. The minimum Gasteiger partial charge on any atom is -0.493 e. The summed E-state index contributed by atoms with van der Waals surface area (Å²) in [6.07, 6.45) is 1.48. The second kappa shape index (κ2) is 12.6. The molecule has 0 saturated carbocycles. The van der Waals surface area contributed by atoms with Crippen molar-refractivity contribution in [2.45, 2.75) is 6.61 Å². The van der Waals surface area contributed by atoms with Gasteiger partial charge in [0.1, 0.15) is 12.4 Å². The molecule has 0 heterocycles. The van der Waals surface area contributed by atoms with Crippen molar-refractivity contribution in [3.8, 4) is 17.2 Å². The minimum atomic E-state index is -0.477. The van der Waals surface area contributed by atoms with Gasteiger partial charge >= 0.3 is 0 Å². The van der Waals surface area contributed by atoms with Crippen molar-refractivity contribution in [3.05, 3.63) is 87.4 Å². The fourth-order valence-corrected chi connectivity index (χ4v) is 3.37. The van der Waals surface area contributed by atoms with E-state index in [-0.39, 0.29) is 6.54 Å². The largest absolute Gasteiger partial charge is 0.493 e. The highest BCUT2D eigenvalue weighted by Crippen LogP contribution is 2.27. The number of amides is 2. The average Bonchev–Trinajstić information content (AvgIpc) is 2.87. The molecule has 3 aromatic rings. The number of hydrogen-bond acceptors (Lipinski definition) is 6. The second-order valence-electron chi connectivity index (χ2n) is 7.14. The first-order valence-corrected chi connectivity index (χ1v) is 11.1. The molecule has 10 heteroatoms. The Bertz CT molecular complexity index is 1220. The maximum absolute atomic E-state index is 12.3. The molecule has 0 radical (unpaired) electrons. The smallest absolute Gasteiger partial charge is 0.259 e. The maximum atomic E-state index is 12.3. The number of nitrogens with one attached hydrogen (secondary N) is 2. The standard InChI is InChI=1S/C25H23Cl2N3O5/c1-33-22-10-6-17(11-23(22)34-2)25(32)28-14-24(31)30-29-13-16-3-8-20(9-4-16)35-15-18-5-7-19(26)12-21(18)27/h3-13H,14-15H2,1-2H3,(H,28,32)(H,30,31)/b29-13+. The molecule has 8 nitrogen and oxygen atoms in total. The van der Waals surface area contributed by atoms with Crippen LogP contribution in [0, 0.1) is 0 Å². The van der Waals surface area contributed by atoms with Crippen molar-refractivity contribution in [2.75, 3.05) is 20.8 Å².